The molecule has 2 unspecified atom stereocenters. The summed E-state index contributed by atoms with van der Waals surface area (Å²) in [6, 6.07) is 7.58. The average Bonchev–Trinajstić information content (AvgIpc) is 2.99. The van der Waals surface area contributed by atoms with Crippen LogP contribution in [0.2, 0.25) is 0 Å². The lowest BCUT2D eigenvalue weighted by atomic mass is 9.99. The topological polar surface area (TPSA) is 75.4 Å². The van der Waals surface area contributed by atoms with Gasteiger partial charge in [-0.2, -0.15) is 0 Å². The van der Waals surface area contributed by atoms with Crippen molar-refractivity contribution in [3.05, 3.63) is 35.4 Å². The molecule has 0 bridgehead atoms. The molecule has 140 valence electrons. The van der Waals surface area contributed by atoms with Crippen LogP contribution in [0, 0.1) is 0 Å². The molecule has 1 heterocycles. The number of nitrogens with zero attached hydrogens (tertiary/aromatic N) is 1. The quantitative estimate of drug-likeness (QED) is 0.778. The summed E-state index contributed by atoms with van der Waals surface area (Å²) in [6.07, 6.45) is 2.01. The van der Waals surface area contributed by atoms with E-state index in [4.69, 9.17) is 5.73 Å². The Balaban J connectivity index is 0.00000312. The summed E-state index contributed by atoms with van der Waals surface area (Å²) < 4.78 is 0. The number of hydrogen-bond donors (Lipinski definition) is 2. The van der Waals surface area contributed by atoms with E-state index in [1.54, 1.807) is 4.90 Å². The number of benzene rings is 1. The van der Waals surface area contributed by atoms with E-state index in [9.17, 15) is 9.59 Å². The molecule has 1 aliphatic heterocycles. The molecule has 1 saturated heterocycles. The van der Waals surface area contributed by atoms with Crippen molar-refractivity contribution < 1.29 is 9.59 Å². The molecule has 6 heteroatoms. The lowest BCUT2D eigenvalue weighted by molar-refractivity contribution is -0.137. The Morgan fingerprint density at radius 3 is 2.32 bits per heavy atom. The van der Waals surface area contributed by atoms with Crippen LogP contribution in [0.25, 0.3) is 0 Å². The second-order valence-electron chi connectivity index (χ2n) is 6.79. The summed E-state index contributed by atoms with van der Waals surface area (Å²) in [5, 5.41) is 2.91. The van der Waals surface area contributed by atoms with Crippen molar-refractivity contribution >= 4 is 24.2 Å². The number of halogens is 1. The van der Waals surface area contributed by atoms with Crippen LogP contribution >= 0.6 is 12.4 Å². The molecule has 1 aliphatic rings. The van der Waals surface area contributed by atoms with Crippen molar-refractivity contribution in [3.8, 4) is 0 Å². The fourth-order valence-corrected chi connectivity index (χ4v) is 3.12. The zero-order chi connectivity index (χ0) is 17.7. The fourth-order valence-electron chi connectivity index (χ4n) is 3.12. The van der Waals surface area contributed by atoms with Gasteiger partial charge in [0, 0.05) is 25.6 Å². The van der Waals surface area contributed by atoms with Crippen molar-refractivity contribution in [2.75, 3.05) is 13.1 Å². The first-order valence-electron chi connectivity index (χ1n) is 8.86. The fraction of sp³-hybridized carbons (Fsp3) is 0.579. The molecule has 1 fully saturated rings. The summed E-state index contributed by atoms with van der Waals surface area (Å²) in [6.45, 7) is 7.28. The third-order valence-corrected chi connectivity index (χ3v) is 4.70. The first-order chi connectivity index (χ1) is 11.4. The van der Waals surface area contributed by atoms with E-state index in [0.717, 1.165) is 12.0 Å². The molecule has 0 saturated carbocycles. The van der Waals surface area contributed by atoms with E-state index in [2.05, 4.69) is 31.3 Å². The smallest absolute Gasteiger partial charge is 0.242 e. The number of hydrogen-bond acceptors (Lipinski definition) is 3. The highest BCUT2D eigenvalue weighted by molar-refractivity contribution is 5.88. The van der Waals surface area contributed by atoms with E-state index in [-0.39, 0.29) is 36.3 Å². The maximum Gasteiger partial charge on any atom is 0.242 e. The van der Waals surface area contributed by atoms with Gasteiger partial charge in [-0.1, -0.05) is 45.0 Å². The Bertz CT molecular complexity index is 575. The average molecular weight is 368 g/mol. The number of nitrogens with one attached hydrogen (secondary N) is 1. The lowest BCUT2D eigenvalue weighted by Gasteiger charge is -2.26. The Morgan fingerprint density at radius 2 is 1.84 bits per heavy atom. The minimum atomic E-state index is -0.379. The molecule has 0 radical (unpaired) electrons. The Labute approximate surface area is 156 Å². The number of amides is 2. The number of rotatable bonds is 7. The predicted octanol–water partition coefficient (Wildman–Crippen LogP) is 2.75. The largest absolute Gasteiger partial charge is 0.352 e. The number of nitrogens with two attached hydrogens (primary N) is 1. The Hall–Kier alpha value is -1.59. The van der Waals surface area contributed by atoms with Crippen LogP contribution in [0.5, 0.6) is 0 Å². The van der Waals surface area contributed by atoms with Crippen LogP contribution < -0.4 is 11.1 Å². The monoisotopic (exact) mass is 367 g/mol. The molecule has 2 amide bonds. The van der Waals surface area contributed by atoms with Crippen LogP contribution in [0.1, 0.15) is 63.1 Å². The molecular weight excluding hydrogens is 338 g/mol. The van der Waals surface area contributed by atoms with Gasteiger partial charge in [-0.25, -0.2) is 0 Å². The summed E-state index contributed by atoms with van der Waals surface area (Å²) in [4.78, 5) is 26.0. The first kappa shape index (κ1) is 21.5. The van der Waals surface area contributed by atoms with Crippen LogP contribution in [0.15, 0.2) is 24.3 Å². The molecule has 2 rings (SSSR count). The molecule has 0 aromatic heterocycles. The van der Waals surface area contributed by atoms with Gasteiger partial charge in [0.05, 0.1) is 0 Å². The normalized spacial score (nSPS) is 16.5. The second-order valence-corrected chi connectivity index (χ2v) is 6.79. The van der Waals surface area contributed by atoms with Gasteiger partial charge in [0.2, 0.25) is 11.8 Å². The minimum Gasteiger partial charge on any atom is -0.352 e. The van der Waals surface area contributed by atoms with Crippen LogP contribution in [-0.4, -0.2) is 35.8 Å². The summed E-state index contributed by atoms with van der Waals surface area (Å²) >= 11 is 0. The van der Waals surface area contributed by atoms with Crippen molar-refractivity contribution in [2.45, 2.75) is 58.0 Å². The Kier molecular flexibility index (Phi) is 8.39. The number of carbonyl (C=O) groups is 2. The zero-order valence-corrected chi connectivity index (χ0v) is 16.1. The maximum atomic E-state index is 12.4. The van der Waals surface area contributed by atoms with Crippen molar-refractivity contribution in [2.24, 2.45) is 5.73 Å². The van der Waals surface area contributed by atoms with Gasteiger partial charge in [0.15, 0.2) is 0 Å². The SMILES string of the molecule is CCC(C(=O)NCC(N)c1ccc(C(C)C)cc1)N1CCCC1=O.Cl. The molecule has 0 spiro atoms. The van der Waals surface area contributed by atoms with Crippen LogP contribution in [-0.2, 0) is 9.59 Å². The van der Waals surface area contributed by atoms with Gasteiger partial charge >= 0.3 is 0 Å². The summed E-state index contributed by atoms with van der Waals surface area (Å²) in [7, 11) is 0. The van der Waals surface area contributed by atoms with E-state index in [0.29, 0.717) is 31.8 Å². The van der Waals surface area contributed by atoms with Gasteiger partial charge in [-0.05, 0) is 29.9 Å². The highest BCUT2D eigenvalue weighted by Gasteiger charge is 2.31. The van der Waals surface area contributed by atoms with Gasteiger partial charge in [0.25, 0.3) is 0 Å². The van der Waals surface area contributed by atoms with E-state index >= 15 is 0 Å². The highest BCUT2D eigenvalue weighted by atomic mass is 35.5. The predicted molar refractivity (Wildman–Crippen MR) is 103 cm³/mol. The first-order valence-corrected chi connectivity index (χ1v) is 8.86. The van der Waals surface area contributed by atoms with E-state index in [1.165, 1.54) is 5.56 Å². The summed E-state index contributed by atoms with van der Waals surface area (Å²) in [5.74, 6) is 0.450. The van der Waals surface area contributed by atoms with Crippen LogP contribution in [0.3, 0.4) is 0 Å². The van der Waals surface area contributed by atoms with Gasteiger partial charge < -0.3 is 16.0 Å². The molecule has 2 atom stereocenters. The molecule has 5 nitrogen and oxygen atoms in total. The molecule has 25 heavy (non-hydrogen) atoms. The maximum absolute atomic E-state index is 12.4. The van der Waals surface area contributed by atoms with E-state index < -0.39 is 0 Å². The minimum absolute atomic E-state index is 0. The number of likely N-dealkylation sites (tertiary alicyclic amines) is 1. The standard InChI is InChI=1S/C19H29N3O2.ClH/c1-4-17(22-11-5-6-18(22)23)19(24)21-12-16(20)15-9-7-14(8-10-15)13(2)3;/h7-10,13,16-17H,4-6,11-12,20H2,1-3H3,(H,21,24);1H. The third-order valence-electron chi connectivity index (χ3n) is 4.70. The van der Waals surface area contributed by atoms with Crippen molar-refractivity contribution in [1.29, 1.82) is 0 Å². The van der Waals surface area contributed by atoms with Crippen molar-refractivity contribution in [1.82, 2.24) is 10.2 Å². The van der Waals surface area contributed by atoms with Crippen LogP contribution in [0.4, 0.5) is 0 Å². The zero-order valence-electron chi connectivity index (χ0n) is 15.3. The van der Waals surface area contributed by atoms with E-state index in [1.807, 2.05) is 19.1 Å². The molecule has 0 aliphatic carbocycles. The third kappa shape index (κ3) is 5.44. The lowest BCUT2D eigenvalue weighted by Crippen LogP contribution is -2.48. The van der Waals surface area contributed by atoms with Crippen molar-refractivity contribution in [3.63, 3.8) is 0 Å². The van der Waals surface area contributed by atoms with Gasteiger partial charge in [-0.15, -0.1) is 12.4 Å². The van der Waals surface area contributed by atoms with Gasteiger partial charge in [-0.3, -0.25) is 9.59 Å². The van der Waals surface area contributed by atoms with Gasteiger partial charge in [0.1, 0.15) is 6.04 Å². The molecule has 1 aromatic rings. The molecule has 1 aromatic carbocycles. The second kappa shape index (κ2) is 9.78. The Morgan fingerprint density at radius 1 is 1.24 bits per heavy atom. The molecular formula is C19H30ClN3O2. The number of carbonyl (C=O) groups excluding carboxylic acids is 2. The molecule has 3 N–H and O–H groups in total. The highest BCUT2D eigenvalue weighted by Crippen LogP contribution is 2.18. The summed E-state index contributed by atoms with van der Waals surface area (Å²) in [5.41, 5.74) is 8.47.